The van der Waals surface area contributed by atoms with Crippen molar-refractivity contribution in [2.45, 2.75) is 50.4 Å². The molecule has 1 amide bonds. The second-order valence-electron chi connectivity index (χ2n) is 10.6. The van der Waals surface area contributed by atoms with Crippen molar-refractivity contribution >= 4 is 44.9 Å². The number of aromatic nitrogens is 5. The lowest BCUT2D eigenvalue weighted by atomic mass is 9.74. The molecule has 0 radical (unpaired) electrons. The van der Waals surface area contributed by atoms with Gasteiger partial charge in [-0.25, -0.2) is 0 Å². The standard InChI is InChI=1S/C27H24BrClF3N7O3/c28-24-35-25-38(14-21(41)34-17-4-3-15(12-16(17)29)27(30,31)32)19-5-6-26(22(19)23(42)39(25)36-24)7-10-37(11-8-26)13-18-20(40)2-1-9-33-18/h1-4,9,12,40H,5-8,10-11,13-14H2,(H,34,41). The summed E-state index contributed by atoms with van der Waals surface area (Å²) in [4.78, 5) is 37.7. The second kappa shape index (κ2) is 10.7. The summed E-state index contributed by atoms with van der Waals surface area (Å²) >= 11 is 9.28. The van der Waals surface area contributed by atoms with E-state index in [0.29, 0.717) is 62.3 Å². The zero-order chi connectivity index (χ0) is 29.8. The van der Waals surface area contributed by atoms with Crippen molar-refractivity contribution < 1.29 is 23.1 Å². The molecule has 220 valence electrons. The van der Waals surface area contributed by atoms with Gasteiger partial charge in [0.2, 0.25) is 16.4 Å². The van der Waals surface area contributed by atoms with Crippen LogP contribution in [0.1, 0.15) is 41.8 Å². The molecule has 3 aromatic heterocycles. The third kappa shape index (κ3) is 5.15. The first-order valence-corrected chi connectivity index (χ1v) is 14.3. The van der Waals surface area contributed by atoms with E-state index in [1.54, 1.807) is 22.9 Å². The van der Waals surface area contributed by atoms with E-state index in [2.05, 4.69) is 41.2 Å². The first kappa shape index (κ1) is 28.6. The minimum absolute atomic E-state index is 0.0359. The smallest absolute Gasteiger partial charge is 0.416 e. The van der Waals surface area contributed by atoms with Gasteiger partial charge in [-0.2, -0.15) is 22.7 Å². The van der Waals surface area contributed by atoms with Crippen molar-refractivity contribution in [1.29, 1.82) is 0 Å². The molecule has 2 N–H and O–H groups in total. The van der Waals surface area contributed by atoms with E-state index in [1.807, 2.05) is 0 Å². The van der Waals surface area contributed by atoms with E-state index < -0.39 is 23.1 Å². The van der Waals surface area contributed by atoms with Crippen LogP contribution in [0.4, 0.5) is 18.9 Å². The lowest BCUT2D eigenvalue weighted by molar-refractivity contribution is -0.137. The number of piperidine rings is 1. The number of alkyl halides is 3. The highest BCUT2D eigenvalue weighted by Crippen LogP contribution is 2.45. The Morgan fingerprint density at radius 2 is 1.95 bits per heavy atom. The SMILES string of the molecule is O=C(Cn1c2c(c(=O)n3nc(Br)nc13)C1(CC2)CCN(Cc2ncccc2O)CC1)Nc1ccc(C(F)(F)F)cc1Cl. The summed E-state index contributed by atoms with van der Waals surface area (Å²) in [7, 11) is 0. The summed E-state index contributed by atoms with van der Waals surface area (Å²) < 4.78 is 42.1. The van der Waals surface area contributed by atoms with Crippen molar-refractivity contribution in [3.8, 4) is 5.75 Å². The van der Waals surface area contributed by atoms with Crippen LogP contribution in [0.25, 0.3) is 5.78 Å². The number of carbonyl (C=O) groups excluding carboxylic acids is 1. The summed E-state index contributed by atoms with van der Waals surface area (Å²) in [6, 6.07) is 5.99. The monoisotopic (exact) mass is 665 g/mol. The Labute approximate surface area is 250 Å². The van der Waals surface area contributed by atoms with Crippen molar-refractivity contribution in [3.05, 3.63) is 79.2 Å². The van der Waals surface area contributed by atoms with Gasteiger partial charge in [-0.05, 0) is 85.0 Å². The van der Waals surface area contributed by atoms with Crippen LogP contribution in [0, 0.1) is 0 Å². The Bertz CT molecular complexity index is 1770. The van der Waals surface area contributed by atoms with Gasteiger partial charge in [0.1, 0.15) is 12.3 Å². The number of fused-ring (bicyclic) bond motifs is 3. The Balaban J connectivity index is 1.28. The van der Waals surface area contributed by atoms with Gasteiger partial charge >= 0.3 is 6.18 Å². The number of amides is 1. The fourth-order valence-electron chi connectivity index (χ4n) is 6.05. The maximum atomic E-state index is 13.8. The number of benzene rings is 1. The summed E-state index contributed by atoms with van der Waals surface area (Å²) in [5.41, 5.74) is 0.298. The Morgan fingerprint density at radius 3 is 2.64 bits per heavy atom. The average Bonchev–Trinajstić information content (AvgIpc) is 3.51. The molecule has 1 aromatic carbocycles. The van der Waals surface area contributed by atoms with Crippen LogP contribution in [-0.4, -0.2) is 53.2 Å². The van der Waals surface area contributed by atoms with Gasteiger partial charge in [0, 0.05) is 29.4 Å². The third-order valence-electron chi connectivity index (χ3n) is 8.12. The van der Waals surface area contributed by atoms with E-state index in [9.17, 15) is 27.9 Å². The number of likely N-dealkylation sites (tertiary alicyclic amines) is 1. The predicted octanol–water partition coefficient (Wildman–Crippen LogP) is 4.55. The topological polar surface area (TPSA) is 118 Å². The van der Waals surface area contributed by atoms with Gasteiger partial charge in [0.25, 0.3) is 5.56 Å². The predicted molar refractivity (Wildman–Crippen MR) is 150 cm³/mol. The number of carbonyl (C=O) groups is 1. The van der Waals surface area contributed by atoms with Gasteiger partial charge in [-0.15, -0.1) is 5.10 Å². The highest BCUT2D eigenvalue weighted by molar-refractivity contribution is 9.10. The number of rotatable bonds is 5. The summed E-state index contributed by atoms with van der Waals surface area (Å²) in [5, 5.41) is 16.7. The van der Waals surface area contributed by atoms with E-state index in [0.717, 1.165) is 18.2 Å². The van der Waals surface area contributed by atoms with Gasteiger partial charge in [0.05, 0.1) is 22.0 Å². The molecule has 1 spiro atoms. The van der Waals surface area contributed by atoms with Gasteiger partial charge < -0.3 is 15.0 Å². The quantitative estimate of drug-likeness (QED) is 0.321. The maximum absolute atomic E-state index is 13.8. The molecular formula is C27H24BrClF3N7O3. The van der Waals surface area contributed by atoms with Crippen LogP contribution < -0.4 is 10.9 Å². The van der Waals surface area contributed by atoms with E-state index in [4.69, 9.17) is 11.6 Å². The second-order valence-corrected chi connectivity index (χ2v) is 11.7. The fraction of sp³-hybridized carbons (Fsp3) is 0.370. The van der Waals surface area contributed by atoms with Crippen LogP contribution in [-0.2, 0) is 35.9 Å². The van der Waals surface area contributed by atoms with Crippen LogP contribution in [0.3, 0.4) is 0 Å². The number of pyridine rings is 1. The number of nitrogens with one attached hydrogen (secondary N) is 1. The van der Waals surface area contributed by atoms with E-state index in [1.165, 1.54) is 4.52 Å². The molecule has 4 aromatic rings. The Kier molecular flexibility index (Phi) is 7.26. The van der Waals surface area contributed by atoms with Crippen LogP contribution in [0.15, 0.2) is 46.1 Å². The minimum atomic E-state index is -4.57. The normalized spacial score (nSPS) is 16.7. The van der Waals surface area contributed by atoms with Crippen LogP contribution in [0.2, 0.25) is 5.02 Å². The zero-order valence-electron chi connectivity index (χ0n) is 22.0. The Hall–Kier alpha value is -3.49. The first-order valence-electron chi connectivity index (χ1n) is 13.2. The summed E-state index contributed by atoms with van der Waals surface area (Å²) in [6.07, 6.45) is -0.294. The number of halogens is 5. The van der Waals surface area contributed by atoms with E-state index >= 15 is 0 Å². The lowest BCUT2D eigenvalue weighted by Crippen LogP contribution is -2.44. The van der Waals surface area contributed by atoms with Crippen LogP contribution >= 0.6 is 27.5 Å². The molecule has 2 aliphatic rings. The van der Waals surface area contributed by atoms with Gasteiger partial charge in [0.15, 0.2) is 0 Å². The summed E-state index contributed by atoms with van der Waals surface area (Å²) in [6.45, 7) is 1.60. The highest BCUT2D eigenvalue weighted by atomic mass is 79.9. The molecule has 0 saturated carbocycles. The van der Waals surface area contributed by atoms with E-state index in [-0.39, 0.29) is 39.1 Å². The molecule has 4 heterocycles. The molecule has 1 saturated heterocycles. The maximum Gasteiger partial charge on any atom is 0.416 e. The number of hydrogen-bond acceptors (Lipinski definition) is 7. The van der Waals surface area contributed by atoms with Crippen LogP contribution in [0.5, 0.6) is 5.75 Å². The molecule has 0 atom stereocenters. The lowest BCUT2D eigenvalue weighted by Gasteiger charge is -2.39. The molecule has 1 fully saturated rings. The average molecular weight is 667 g/mol. The fourth-order valence-corrected chi connectivity index (χ4v) is 6.59. The number of hydrogen-bond donors (Lipinski definition) is 2. The van der Waals surface area contributed by atoms with Gasteiger partial charge in [-0.3, -0.25) is 19.5 Å². The number of aromatic hydroxyl groups is 1. The molecule has 42 heavy (non-hydrogen) atoms. The van der Waals surface area contributed by atoms with Crippen molar-refractivity contribution in [2.24, 2.45) is 0 Å². The molecule has 0 bridgehead atoms. The number of nitrogens with zero attached hydrogens (tertiary/aromatic N) is 6. The Morgan fingerprint density at radius 1 is 1.19 bits per heavy atom. The van der Waals surface area contributed by atoms with Crippen molar-refractivity contribution in [1.82, 2.24) is 29.0 Å². The first-order chi connectivity index (χ1) is 19.9. The zero-order valence-corrected chi connectivity index (χ0v) is 24.3. The third-order valence-corrected chi connectivity index (χ3v) is 8.77. The molecule has 1 aliphatic heterocycles. The highest BCUT2D eigenvalue weighted by Gasteiger charge is 2.45. The molecule has 1 aliphatic carbocycles. The largest absolute Gasteiger partial charge is 0.506 e. The number of anilines is 1. The van der Waals surface area contributed by atoms with Crippen molar-refractivity contribution in [2.75, 3.05) is 18.4 Å². The van der Waals surface area contributed by atoms with Crippen molar-refractivity contribution in [3.63, 3.8) is 0 Å². The molecular weight excluding hydrogens is 643 g/mol. The molecule has 0 unspecified atom stereocenters. The summed E-state index contributed by atoms with van der Waals surface area (Å²) in [5.74, 6) is -0.226. The van der Waals surface area contributed by atoms with Gasteiger partial charge in [-0.1, -0.05) is 11.6 Å². The molecule has 6 rings (SSSR count). The molecule has 15 heteroatoms. The minimum Gasteiger partial charge on any atom is -0.506 e. The molecule has 10 nitrogen and oxygen atoms in total.